The van der Waals surface area contributed by atoms with E-state index in [1.54, 1.807) is 43.5 Å². The lowest BCUT2D eigenvalue weighted by atomic mass is 10.0. The number of aromatic nitrogens is 2. The molecule has 1 aromatic carbocycles. The maximum Gasteiger partial charge on any atom is 0.323 e. The standard InChI is InChI=1S/C35H52N8O5/c1-7-27-32(45)41(5)28-21-37-34(40-30(28)43(27)24-10-8-9-11-24)39-26-13-12-22(20-29(26)47-6)31(44)38-23-14-17-42(18-15-23)19-16-25(36)33(46)48-35(2,3)4/h12-13,20-21,23-25,27H,7-11,14-19,36H2,1-6H3,(H,38,44)(H,37,39,40)/t25-,27+/m0/s1. The van der Waals surface area contributed by atoms with E-state index in [1.165, 1.54) is 0 Å². The molecule has 2 atom stereocenters. The van der Waals surface area contributed by atoms with Gasteiger partial charge in [-0.1, -0.05) is 19.8 Å². The number of hydrogen-bond donors (Lipinski definition) is 3. The van der Waals surface area contributed by atoms with Gasteiger partial charge in [0.05, 0.1) is 19.0 Å². The van der Waals surface area contributed by atoms with Crippen LogP contribution >= 0.6 is 0 Å². The molecule has 13 nitrogen and oxygen atoms in total. The predicted octanol–water partition coefficient (Wildman–Crippen LogP) is 3.99. The van der Waals surface area contributed by atoms with Crippen LogP contribution in [0.4, 0.5) is 23.1 Å². The Bertz CT molecular complexity index is 1470. The second kappa shape index (κ2) is 15.1. The van der Waals surface area contributed by atoms with E-state index in [-0.39, 0.29) is 35.9 Å². The van der Waals surface area contributed by atoms with Crippen molar-refractivity contribution in [2.75, 3.05) is 48.9 Å². The topological polar surface area (TPSA) is 155 Å². The number of piperidine rings is 1. The summed E-state index contributed by atoms with van der Waals surface area (Å²) in [5.74, 6) is 1.18. The molecule has 0 unspecified atom stereocenters. The van der Waals surface area contributed by atoms with Crippen LogP contribution in [0.25, 0.3) is 0 Å². The Balaban J connectivity index is 1.19. The number of amides is 2. The second-order valence-electron chi connectivity index (χ2n) is 14.1. The van der Waals surface area contributed by atoms with Crippen LogP contribution in [-0.4, -0.2) is 96.2 Å². The summed E-state index contributed by atoms with van der Waals surface area (Å²) in [5.41, 5.74) is 7.33. The fraction of sp³-hybridized carbons (Fsp3) is 0.629. The fourth-order valence-corrected chi connectivity index (χ4v) is 6.89. The van der Waals surface area contributed by atoms with E-state index in [1.807, 2.05) is 27.7 Å². The minimum atomic E-state index is -0.652. The van der Waals surface area contributed by atoms with Gasteiger partial charge in [-0.2, -0.15) is 4.98 Å². The second-order valence-corrected chi connectivity index (χ2v) is 14.1. The third-order valence-corrected chi connectivity index (χ3v) is 9.51. The number of nitrogens with two attached hydrogens (primary N) is 1. The van der Waals surface area contributed by atoms with Crippen LogP contribution in [-0.2, 0) is 14.3 Å². The maximum absolute atomic E-state index is 13.2. The van der Waals surface area contributed by atoms with Gasteiger partial charge in [0.2, 0.25) is 11.9 Å². The predicted molar refractivity (Wildman–Crippen MR) is 186 cm³/mol. The quantitative estimate of drug-likeness (QED) is 0.299. The van der Waals surface area contributed by atoms with Gasteiger partial charge in [0.15, 0.2) is 5.82 Å². The lowest BCUT2D eigenvalue weighted by molar-refractivity contribution is -0.156. The summed E-state index contributed by atoms with van der Waals surface area (Å²) in [6.07, 6.45) is 8.91. The minimum Gasteiger partial charge on any atom is -0.495 e. The van der Waals surface area contributed by atoms with Crippen molar-refractivity contribution in [3.8, 4) is 5.75 Å². The number of ether oxygens (including phenoxy) is 2. The SMILES string of the molecule is CC[C@@H]1C(=O)N(C)c2cnc(Nc3ccc(C(=O)NC4CCN(CC[C@H](N)C(=O)OC(C)(C)C)CC4)cc3OC)nc2N1C1CCCC1. The molecule has 1 aliphatic carbocycles. The summed E-state index contributed by atoms with van der Waals surface area (Å²) >= 11 is 0. The van der Waals surface area contributed by atoms with Gasteiger partial charge >= 0.3 is 5.97 Å². The van der Waals surface area contributed by atoms with E-state index < -0.39 is 11.6 Å². The van der Waals surface area contributed by atoms with Crippen LogP contribution < -0.4 is 30.9 Å². The molecule has 3 heterocycles. The zero-order chi connectivity index (χ0) is 34.6. The highest BCUT2D eigenvalue weighted by Gasteiger charge is 2.41. The number of nitrogens with one attached hydrogen (secondary N) is 2. The Hall–Kier alpha value is -3.97. The number of methoxy groups -OCH3 is 1. The number of benzene rings is 1. The molecule has 4 N–H and O–H groups in total. The molecular formula is C35H52N8O5. The highest BCUT2D eigenvalue weighted by molar-refractivity contribution is 6.04. The number of likely N-dealkylation sites (N-methyl/N-ethyl adjacent to an activating group) is 1. The largest absolute Gasteiger partial charge is 0.495 e. The van der Waals surface area contributed by atoms with E-state index in [0.29, 0.717) is 48.0 Å². The van der Waals surface area contributed by atoms with Crippen molar-refractivity contribution in [1.82, 2.24) is 20.2 Å². The van der Waals surface area contributed by atoms with Gasteiger partial charge in [0.25, 0.3) is 5.91 Å². The van der Waals surface area contributed by atoms with E-state index >= 15 is 0 Å². The maximum atomic E-state index is 13.2. The van der Waals surface area contributed by atoms with E-state index in [2.05, 4.69) is 25.4 Å². The van der Waals surface area contributed by atoms with Crippen LogP contribution in [0.3, 0.4) is 0 Å². The average Bonchev–Trinajstić information content (AvgIpc) is 3.59. The van der Waals surface area contributed by atoms with E-state index in [9.17, 15) is 14.4 Å². The first kappa shape index (κ1) is 35.3. The summed E-state index contributed by atoms with van der Waals surface area (Å²) in [6.45, 7) is 9.85. The zero-order valence-electron chi connectivity index (χ0n) is 29.3. The zero-order valence-corrected chi connectivity index (χ0v) is 29.3. The Morgan fingerprint density at radius 1 is 1.12 bits per heavy atom. The molecule has 1 aromatic heterocycles. The molecule has 2 fully saturated rings. The Kier molecular flexibility index (Phi) is 11.1. The Morgan fingerprint density at radius 2 is 1.83 bits per heavy atom. The molecule has 3 aliphatic rings. The van der Waals surface area contributed by atoms with Crippen molar-refractivity contribution in [3.63, 3.8) is 0 Å². The van der Waals surface area contributed by atoms with Gasteiger partial charge in [-0.3, -0.25) is 14.4 Å². The number of likely N-dealkylation sites (tertiary alicyclic amines) is 1. The molecule has 2 amide bonds. The van der Waals surface area contributed by atoms with Crippen molar-refractivity contribution < 1.29 is 23.9 Å². The molecule has 0 spiro atoms. The fourth-order valence-electron chi connectivity index (χ4n) is 6.89. The van der Waals surface area contributed by atoms with Crippen molar-refractivity contribution >= 4 is 40.9 Å². The lowest BCUT2D eigenvalue weighted by Gasteiger charge is -2.43. The molecule has 48 heavy (non-hydrogen) atoms. The molecule has 1 saturated carbocycles. The Labute approximate surface area is 283 Å². The molecule has 0 radical (unpaired) electrons. The van der Waals surface area contributed by atoms with Gasteiger partial charge in [-0.15, -0.1) is 0 Å². The van der Waals surface area contributed by atoms with Crippen molar-refractivity contribution in [2.24, 2.45) is 5.73 Å². The monoisotopic (exact) mass is 664 g/mol. The van der Waals surface area contributed by atoms with E-state index in [4.69, 9.17) is 20.2 Å². The van der Waals surface area contributed by atoms with Gasteiger partial charge in [0.1, 0.15) is 29.1 Å². The number of rotatable bonds is 11. The number of nitrogens with zero attached hydrogens (tertiary/aromatic N) is 5. The summed E-state index contributed by atoms with van der Waals surface area (Å²) in [7, 11) is 3.35. The van der Waals surface area contributed by atoms with E-state index in [0.717, 1.165) is 57.4 Å². The van der Waals surface area contributed by atoms with Gasteiger partial charge in [-0.05, 0) is 77.5 Å². The lowest BCUT2D eigenvalue weighted by Crippen LogP contribution is -2.55. The van der Waals surface area contributed by atoms with Crippen molar-refractivity contribution in [3.05, 3.63) is 30.0 Å². The van der Waals surface area contributed by atoms with Crippen LogP contribution in [0.5, 0.6) is 5.75 Å². The van der Waals surface area contributed by atoms with Crippen molar-refractivity contribution in [1.29, 1.82) is 0 Å². The highest BCUT2D eigenvalue weighted by atomic mass is 16.6. The van der Waals surface area contributed by atoms with Crippen LogP contribution in [0, 0.1) is 0 Å². The first-order valence-corrected chi connectivity index (χ1v) is 17.3. The van der Waals surface area contributed by atoms with Gasteiger partial charge in [0, 0.05) is 44.3 Å². The highest BCUT2D eigenvalue weighted by Crippen LogP contribution is 2.40. The summed E-state index contributed by atoms with van der Waals surface area (Å²) < 4.78 is 11.1. The van der Waals surface area contributed by atoms with Gasteiger partial charge < -0.3 is 40.5 Å². The first-order chi connectivity index (χ1) is 22.9. The molecule has 5 rings (SSSR count). The molecule has 2 aliphatic heterocycles. The minimum absolute atomic E-state index is 0.0424. The van der Waals surface area contributed by atoms with Crippen LogP contribution in [0.15, 0.2) is 24.4 Å². The first-order valence-electron chi connectivity index (χ1n) is 17.3. The molecule has 13 heteroatoms. The number of carbonyl (C=O) groups excluding carboxylic acids is 3. The normalized spacial score (nSPS) is 20.0. The summed E-state index contributed by atoms with van der Waals surface area (Å²) in [5, 5.41) is 6.45. The van der Waals surface area contributed by atoms with Crippen LogP contribution in [0.2, 0.25) is 0 Å². The van der Waals surface area contributed by atoms with Gasteiger partial charge in [-0.25, -0.2) is 4.98 Å². The third-order valence-electron chi connectivity index (χ3n) is 9.51. The smallest absolute Gasteiger partial charge is 0.323 e. The number of anilines is 4. The molecule has 262 valence electrons. The average molecular weight is 665 g/mol. The number of esters is 1. The number of carbonyl (C=O) groups is 3. The molecule has 2 aromatic rings. The van der Waals surface area contributed by atoms with Crippen LogP contribution in [0.1, 0.15) is 89.4 Å². The summed E-state index contributed by atoms with van der Waals surface area (Å²) in [4.78, 5) is 54.3. The molecular weight excluding hydrogens is 612 g/mol. The number of fused-ring (bicyclic) bond motifs is 1. The number of hydrogen-bond acceptors (Lipinski definition) is 11. The molecule has 1 saturated heterocycles. The third kappa shape index (κ3) is 8.18. The van der Waals surface area contributed by atoms with Crippen molar-refractivity contribution in [2.45, 2.75) is 109 Å². The Morgan fingerprint density at radius 3 is 2.48 bits per heavy atom. The summed E-state index contributed by atoms with van der Waals surface area (Å²) in [6, 6.07) is 4.68. The molecule has 0 bridgehead atoms.